The number of aromatic nitrogens is 2. The minimum absolute atomic E-state index is 0.00279. The van der Waals surface area contributed by atoms with Gasteiger partial charge in [-0.25, -0.2) is 0 Å². The van der Waals surface area contributed by atoms with E-state index in [0.29, 0.717) is 17.3 Å². The molecule has 2 aromatic rings. The number of halogens is 1. The number of aromatic amines is 1. The summed E-state index contributed by atoms with van der Waals surface area (Å²) in [6.45, 7) is 2.62. The van der Waals surface area contributed by atoms with Crippen molar-refractivity contribution in [1.29, 1.82) is 0 Å². The Kier molecular flexibility index (Phi) is 4.57. The fourth-order valence-electron chi connectivity index (χ4n) is 1.93. The molecule has 2 N–H and O–H groups in total. The van der Waals surface area contributed by atoms with Crippen LogP contribution in [0, 0.1) is 17.0 Å². The Balaban J connectivity index is 1.91. The lowest BCUT2D eigenvalue weighted by molar-refractivity contribution is -0.383. The molecule has 0 bridgehead atoms. The van der Waals surface area contributed by atoms with Gasteiger partial charge in [0.15, 0.2) is 0 Å². The lowest BCUT2D eigenvalue weighted by atomic mass is 10.1. The molecule has 0 aliphatic carbocycles. The second-order valence-corrected chi connectivity index (χ2v) is 4.91. The summed E-state index contributed by atoms with van der Waals surface area (Å²) in [5.41, 5.74) is 2.71. The maximum atomic E-state index is 10.9. The van der Waals surface area contributed by atoms with Gasteiger partial charge in [0.1, 0.15) is 5.69 Å². The average Bonchev–Trinajstić information content (AvgIpc) is 2.81. The molecule has 20 heavy (non-hydrogen) atoms. The second kappa shape index (κ2) is 6.38. The summed E-state index contributed by atoms with van der Waals surface area (Å²) < 4.78 is 0. The Hall–Kier alpha value is -2.08. The van der Waals surface area contributed by atoms with Crippen molar-refractivity contribution < 1.29 is 4.92 Å². The van der Waals surface area contributed by atoms with Gasteiger partial charge >= 0.3 is 0 Å². The quantitative estimate of drug-likeness (QED) is 0.486. The van der Waals surface area contributed by atoms with E-state index < -0.39 is 4.92 Å². The number of nitro groups is 1. The number of rotatable bonds is 6. The summed E-state index contributed by atoms with van der Waals surface area (Å²) in [7, 11) is 0. The number of nitrogens with zero attached hydrogens (tertiary/aromatic N) is 2. The van der Waals surface area contributed by atoms with Gasteiger partial charge in [0.2, 0.25) is 0 Å². The number of hydrogen-bond acceptors (Lipinski definition) is 4. The third-order valence-corrected chi connectivity index (χ3v) is 3.26. The van der Waals surface area contributed by atoms with Crippen LogP contribution in [0.15, 0.2) is 24.4 Å². The maximum Gasteiger partial charge on any atom is 0.293 e. The van der Waals surface area contributed by atoms with Crippen LogP contribution < -0.4 is 5.32 Å². The van der Waals surface area contributed by atoms with Gasteiger partial charge in [-0.15, -0.1) is 0 Å². The van der Waals surface area contributed by atoms with E-state index in [-0.39, 0.29) is 5.69 Å². The zero-order valence-corrected chi connectivity index (χ0v) is 11.8. The minimum Gasteiger partial charge on any atom is -0.379 e. The zero-order chi connectivity index (χ0) is 14.5. The number of aryl methyl sites for hydroxylation is 2. The molecule has 6 nitrogen and oxygen atoms in total. The van der Waals surface area contributed by atoms with E-state index in [9.17, 15) is 10.1 Å². The summed E-state index contributed by atoms with van der Waals surface area (Å²) in [4.78, 5) is 10.5. The van der Waals surface area contributed by atoms with E-state index in [2.05, 4.69) is 15.5 Å². The highest BCUT2D eigenvalue weighted by Crippen LogP contribution is 2.27. The molecule has 0 radical (unpaired) electrons. The van der Waals surface area contributed by atoms with E-state index in [0.717, 1.165) is 24.1 Å². The first-order chi connectivity index (χ1) is 9.58. The highest BCUT2D eigenvalue weighted by Gasteiger charge is 2.13. The number of anilines is 1. The summed E-state index contributed by atoms with van der Waals surface area (Å²) in [5, 5.41) is 21.2. The van der Waals surface area contributed by atoms with Crippen LogP contribution in [0.1, 0.15) is 17.7 Å². The normalized spacial score (nSPS) is 10.5. The van der Waals surface area contributed by atoms with Gasteiger partial charge < -0.3 is 5.32 Å². The largest absolute Gasteiger partial charge is 0.379 e. The monoisotopic (exact) mass is 294 g/mol. The van der Waals surface area contributed by atoms with Gasteiger partial charge in [-0.3, -0.25) is 15.2 Å². The SMILES string of the molecule is Cc1[nH]ncc1CCCNc1ccc(Cl)cc1[N+](=O)[O-]. The molecule has 7 heteroatoms. The second-order valence-electron chi connectivity index (χ2n) is 4.47. The van der Waals surface area contributed by atoms with Gasteiger partial charge in [-0.05, 0) is 37.5 Å². The molecule has 0 atom stereocenters. The van der Waals surface area contributed by atoms with Gasteiger partial charge in [0.25, 0.3) is 5.69 Å². The Morgan fingerprint density at radius 3 is 2.95 bits per heavy atom. The molecular formula is C13H15ClN4O2. The first-order valence-electron chi connectivity index (χ1n) is 6.24. The molecule has 106 valence electrons. The molecule has 0 spiro atoms. The molecule has 0 amide bonds. The smallest absolute Gasteiger partial charge is 0.293 e. The van der Waals surface area contributed by atoms with Gasteiger partial charge in [0.05, 0.1) is 11.1 Å². The first kappa shape index (κ1) is 14.3. The zero-order valence-electron chi connectivity index (χ0n) is 11.0. The molecule has 2 rings (SSSR count). The number of nitro benzene ring substituents is 1. The lowest BCUT2D eigenvalue weighted by Crippen LogP contribution is -2.05. The fraction of sp³-hybridized carbons (Fsp3) is 0.308. The predicted molar refractivity (Wildman–Crippen MR) is 78.2 cm³/mol. The van der Waals surface area contributed by atoms with Crippen LogP contribution in [0.4, 0.5) is 11.4 Å². The van der Waals surface area contributed by atoms with Crippen LogP contribution in [-0.2, 0) is 6.42 Å². The van der Waals surface area contributed by atoms with E-state index in [1.54, 1.807) is 18.3 Å². The van der Waals surface area contributed by atoms with Crippen LogP contribution in [-0.4, -0.2) is 21.7 Å². The van der Waals surface area contributed by atoms with Crippen molar-refractivity contribution in [3.05, 3.63) is 50.8 Å². The molecule has 0 saturated heterocycles. The molecule has 0 fully saturated rings. The van der Waals surface area contributed by atoms with Crippen molar-refractivity contribution in [2.24, 2.45) is 0 Å². The summed E-state index contributed by atoms with van der Waals surface area (Å²) in [5.74, 6) is 0. The first-order valence-corrected chi connectivity index (χ1v) is 6.62. The minimum atomic E-state index is -0.436. The molecule has 0 aliphatic heterocycles. The van der Waals surface area contributed by atoms with Crippen LogP contribution >= 0.6 is 11.6 Å². The van der Waals surface area contributed by atoms with Gasteiger partial charge in [-0.1, -0.05) is 11.6 Å². The number of benzene rings is 1. The van der Waals surface area contributed by atoms with Crippen molar-refractivity contribution in [2.45, 2.75) is 19.8 Å². The summed E-state index contributed by atoms with van der Waals surface area (Å²) >= 11 is 5.76. The third kappa shape index (κ3) is 3.48. The Morgan fingerprint density at radius 2 is 2.30 bits per heavy atom. The van der Waals surface area contributed by atoms with E-state index in [1.165, 1.54) is 6.07 Å². The molecule has 1 heterocycles. The summed E-state index contributed by atoms with van der Waals surface area (Å²) in [6.07, 6.45) is 3.54. The van der Waals surface area contributed by atoms with Gasteiger partial charge in [-0.2, -0.15) is 5.10 Å². The molecule has 1 aromatic carbocycles. The highest BCUT2D eigenvalue weighted by molar-refractivity contribution is 6.30. The molecule has 0 aliphatic rings. The lowest BCUT2D eigenvalue weighted by Gasteiger charge is -2.07. The van der Waals surface area contributed by atoms with Crippen LogP contribution in [0.25, 0.3) is 0 Å². The van der Waals surface area contributed by atoms with Crippen LogP contribution in [0.5, 0.6) is 0 Å². The van der Waals surface area contributed by atoms with Gasteiger partial charge in [0, 0.05) is 23.3 Å². The third-order valence-electron chi connectivity index (χ3n) is 3.03. The average molecular weight is 295 g/mol. The Bertz CT molecular complexity index is 612. The van der Waals surface area contributed by atoms with Crippen LogP contribution in [0.3, 0.4) is 0 Å². The van der Waals surface area contributed by atoms with E-state index >= 15 is 0 Å². The van der Waals surface area contributed by atoms with Crippen molar-refractivity contribution in [3.8, 4) is 0 Å². The van der Waals surface area contributed by atoms with Crippen LogP contribution in [0.2, 0.25) is 5.02 Å². The molecule has 0 saturated carbocycles. The Morgan fingerprint density at radius 1 is 1.50 bits per heavy atom. The van der Waals surface area contributed by atoms with E-state index in [1.807, 2.05) is 6.92 Å². The van der Waals surface area contributed by atoms with E-state index in [4.69, 9.17) is 11.6 Å². The maximum absolute atomic E-state index is 10.9. The van der Waals surface area contributed by atoms with Crippen molar-refractivity contribution in [1.82, 2.24) is 10.2 Å². The fourth-order valence-corrected chi connectivity index (χ4v) is 2.10. The molecule has 0 unspecified atom stereocenters. The topological polar surface area (TPSA) is 83.8 Å². The highest BCUT2D eigenvalue weighted by atomic mass is 35.5. The molecule has 1 aromatic heterocycles. The predicted octanol–water partition coefficient (Wildman–Crippen LogP) is 3.32. The van der Waals surface area contributed by atoms with Crippen molar-refractivity contribution >= 4 is 23.0 Å². The summed E-state index contributed by atoms with van der Waals surface area (Å²) in [6, 6.07) is 4.62. The Labute approximate surface area is 121 Å². The molecular weight excluding hydrogens is 280 g/mol. The van der Waals surface area contributed by atoms with Crippen molar-refractivity contribution in [2.75, 3.05) is 11.9 Å². The number of hydrogen-bond donors (Lipinski definition) is 2. The number of nitrogens with one attached hydrogen (secondary N) is 2. The number of H-pyrrole nitrogens is 1. The van der Waals surface area contributed by atoms with Crippen molar-refractivity contribution in [3.63, 3.8) is 0 Å². The standard InChI is InChI=1S/C13H15ClN4O2/c1-9-10(8-16-17-9)3-2-6-15-12-5-4-11(14)7-13(12)18(19)20/h4-5,7-8,15H,2-3,6H2,1H3,(H,16,17).